The number of halogens is 1. The van der Waals surface area contributed by atoms with E-state index < -0.39 is 18.5 Å². The van der Waals surface area contributed by atoms with Gasteiger partial charge in [-0.25, -0.2) is 4.79 Å². The van der Waals surface area contributed by atoms with E-state index in [2.05, 4.69) is 5.32 Å². The van der Waals surface area contributed by atoms with Crippen molar-refractivity contribution in [2.24, 2.45) is 0 Å². The third-order valence-corrected chi connectivity index (χ3v) is 4.16. The number of benzene rings is 2. The maximum absolute atomic E-state index is 12.0. The third kappa shape index (κ3) is 4.97. The molecule has 0 saturated heterocycles. The van der Waals surface area contributed by atoms with Crippen molar-refractivity contribution in [1.82, 2.24) is 5.32 Å². The van der Waals surface area contributed by atoms with Gasteiger partial charge in [-0.1, -0.05) is 29.8 Å². The molecule has 132 valence electrons. The SMILES string of the molecule is Cc1ccc([C@@H](C)NC(=O)COC(=O)c2cc(Cl)ccc2O)cc1C. The van der Waals surface area contributed by atoms with Crippen LogP contribution in [0.25, 0.3) is 0 Å². The molecule has 25 heavy (non-hydrogen) atoms. The van der Waals surface area contributed by atoms with E-state index >= 15 is 0 Å². The fraction of sp³-hybridized carbons (Fsp3) is 0.263. The molecule has 0 heterocycles. The second-order valence-electron chi connectivity index (χ2n) is 5.87. The molecule has 1 amide bonds. The maximum Gasteiger partial charge on any atom is 0.342 e. The van der Waals surface area contributed by atoms with Gasteiger partial charge in [0.15, 0.2) is 6.61 Å². The van der Waals surface area contributed by atoms with Crippen LogP contribution in [0.5, 0.6) is 5.75 Å². The number of hydrogen-bond acceptors (Lipinski definition) is 4. The predicted octanol–water partition coefficient (Wildman–Crippen LogP) is 3.70. The molecule has 2 rings (SSSR count). The van der Waals surface area contributed by atoms with Crippen LogP contribution in [0.3, 0.4) is 0 Å². The van der Waals surface area contributed by atoms with E-state index in [0.717, 1.165) is 11.1 Å². The first-order valence-electron chi connectivity index (χ1n) is 7.80. The first kappa shape index (κ1) is 18.8. The molecule has 0 aliphatic rings. The molecule has 0 unspecified atom stereocenters. The van der Waals surface area contributed by atoms with Crippen LogP contribution in [-0.2, 0) is 9.53 Å². The Labute approximate surface area is 151 Å². The van der Waals surface area contributed by atoms with E-state index in [-0.39, 0.29) is 22.4 Å². The number of phenols is 1. The Morgan fingerprint density at radius 3 is 2.56 bits per heavy atom. The van der Waals surface area contributed by atoms with Crippen LogP contribution in [0.15, 0.2) is 36.4 Å². The number of aromatic hydroxyl groups is 1. The van der Waals surface area contributed by atoms with Crippen molar-refractivity contribution in [3.8, 4) is 5.75 Å². The molecule has 0 aliphatic heterocycles. The van der Waals surface area contributed by atoms with E-state index in [0.29, 0.717) is 0 Å². The van der Waals surface area contributed by atoms with Crippen molar-refractivity contribution >= 4 is 23.5 Å². The number of amides is 1. The minimum Gasteiger partial charge on any atom is -0.507 e. The summed E-state index contributed by atoms with van der Waals surface area (Å²) >= 11 is 5.79. The summed E-state index contributed by atoms with van der Waals surface area (Å²) in [5.74, 6) is -1.49. The van der Waals surface area contributed by atoms with Gasteiger partial charge in [0.2, 0.25) is 0 Å². The zero-order valence-electron chi connectivity index (χ0n) is 14.3. The maximum atomic E-state index is 12.0. The summed E-state index contributed by atoms with van der Waals surface area (Å²) in [5, 5.41) is 12.7. The minimum absolute atomic E-state index is 0.0810. The van der Waals surface area contributed by atoms with Gasteiger partial charge in [0.05, 0.1) is 6.04 Å². The molecule has 6 heteroatoms. The van der Waals surface area contributed by atoms with Crippen LogP contribution >= 0.6 is 11.6 Å². The largest absolute Gasteiger partial charge is 0.507 e. The highest BCUT2D eigenvalue weighted by Crippen LogP contribution is 2.22. The molecule has 0 aliphatic carbocycles. The van der Waals surface area contributed by atoms with Gasteiger partial charge in [0, 0.05) is 5.02 Å². The number of hydrogen-bond donors (Lipinski definition) is 2. The molecular formula is C19H20ClNO4. The van der Waals surface area contributed by atoms with Crippen LogP contribution in [0.4, 0.5) is 0 Å². The lowest BCUT2D eigenvalue weighted by atomic mass is 10.0. The molecule has 0 bridgehead atoms. The summed E-state index contributed by atoms with van der Waals surface area (Å²) < 4.78 is 4.94. The Morgan fingerprint density at radius 1 is 1.16 bits per heavy atom. The van der Waals surface area contributed by atoms with E-state index in [1.165, 1.54) is 23.8 Å². The Balaban J connectivity index is 1.92. The predicted molar refractivity (Wildman–Crippen MR) is 95.9 cm³/mol. The molecule has 2 N–H and O–H groups in total. The molecule has 0 aromatic heterocycles. The number of esters is 1. The van der Waals surface area contributed by atoms with Crippen LogP contribution in [0, 0.1) is 13.8 Å². The average Bonchev–Trinajstić information content (AvgIpc) is 2.57. The van der Waals surface area contributed by atoms with Crippen molar-refractivity contribution < 1.29 is 19.4 Å². The lowest BCUT2D eigenvalue weighted by molar-refractivity contribution is -0.124. The van der Waals surface area contributed by atoms with Gasteiger partial charge in [0.25, 0.3) is 5.91 Å². The van der Waals surface area contributed by atoms with Crippen molar-refractivity contribution in [2.75, 3.05) is 6.61 Å². The van der Waals surface area contributed by atoms with Gasteiger partial charge in [-0.05, 0) is 55.7 Å². The second-order valence-corrected chi connectivity index (χ2v) is 6.31. The van der Waals surface area contributed by atoms with Crippen molar-refractivity contribution in [1.29, 1.82) is 0 Å². The van der Waals surface area contributed by atoms with E-state index in [4.69, 9.17) is 16.3 Å². The zero-order chi connectivity index (χ0) is 18.6. The van der Waals surface area contributed by atoms with E-state index in [9.17, 15) is 14.7 Å². The Hall–Kier alpha value is -2.53. The first-order valence-corrected chi connectivity index (χ1v) is 8.18. The lowest BCUT2D eigenvalue weighted by Crippen LogP contribution is -2.31. The Bertz CT molecular complexity index is 804. The molecule has 1 atom stereocenters. The van der Waals surface area contributed by atoms with Crippen molar-refractivity contribution in [2.45, 2.75) is 26.8 Å². The lowest BCUT2D eigenvalue weighted by Gasteiger charge is -2.16. The molecular weight excluding hydrogens is 342 g/mol. The normalized spacial score (nSPS) is 11.7. The van der Waals surface area contributed by atoms with Crippen LogP contribution in [-0.4, -0.2) is 23.6 Å². The summed E-state index contributed by atoms with van der Waals surface area (Å²) in [7, 11) is 0. The van der Waals surface area contributed by atoms with Gasteiger partial charge < -0.3 is 15.2 Å². The van der Waals surface area contributed by atoms with Gasteiger partial charge in [-0.2, -0.15) is 0 Å². The van der Waals surface area contributed by atoms with E-state index in [1.807, 2.05) is 39.0 Å². The molecule has 0 fully saturated rings. The fourth-order valence-electron chi connectivity index (χ4n) is 2.28. The molecule has 2 aromatic carbocycles. The van der Waals surface area contributed by atoms with E-state index in [1.54, 1.807) is 0 Å². The number of aryl methyl sites for hydroxylation is 2. The molecule has 5 nitrogen and oxygen atoms in total. The highest BCUT2D eigenvalue weighted by atomic mass is 35.5. The van der Waals surface area contributed by atoms with Crippen LogP contribution < -0.4 is 5.32 Å². The number of ether oxygens (including phenoxy) is 1. The Kier molecular flexibility index (Phi) is 6.04. The second kappa shape index (κ2) is 8.03. The highest BCUT2D eigenvalue weighted by molar-refractivity contribution is 6.31. The summed E-state index contributed by atoms with van der Waals surface area (Å²) in [4.78, 5) is 23.9. The third-order valence-electron chi connectivity index (χ3n) is 3.92. The topological polar surface area (TPSA) is 75.6 Å². The monoisotopic (exact) mass is 361 g/mol. The standard InChI is InChI=1S/C19H20ClNO4/c1-11-4-5-14(8-12(11)2)13(3)21-18(23)10-25-19(24)16-9-15(20)6-7-17(16)22/h4-9,13,22H,10H2,1-3H3,(H,21,23)/t13-/m1/s1. The summed E-state index contributed by atoms with van der Waals surface area (Å²) in [6.45, 7) is 5.44. The number of carbonyl (C=O) groups excluding carboxylic acids is 2. The minimum atomic E-state index is -0.811. The van der Waals surface area contributed by atoms with Crippen molar-refractivity contribution in [3.05, 3.63) is 63.7 Å². The van der Waals surface area contributed by atoms with Crippen molar-refractivity contribution in [3.63, 3.8) is 0 Å². The number of phenolic OH excluding ortho intramolecular Hbond substituents is 1. The van der Waals surface area contributed by atoms with Gasteiger partial charge in [-0.15, -0.1) is 0 Å². The summed E-state index contributed by atoms with van der Waals surface area (Å²) in [5.41, 5.74) is 3.21. The molecule has 0 saturated carbocycles. The molecule has 0 spiro atoms. The molecule has 0 radical (unpaired) electrons. The van der Waals surface area contributed by atoms with Crippen LogP contribution in [0.2, 0.25) is 5.02 Å². The van der Waals surface area contributed by atoms with Gasteiger partial charge in [0.1, 0.15) is 11.3 Å². The summed E-state index contributed by atoms with van der Waals surface area (Å²) in [6, 6.07) is 9.76. The van der Waals surface area contributed by atoms with Gasteiger partial charge in [-0.3, -0.25) is 4.79 Å². The fourth-order valence-corrected chi connectivity index (χ4v) is 2.45. The number of carbonyl (C=O) groups is 2. The first-order chi connectivity index (χ1) is 11.8. The molecule has 2 aromatic rings. The number of rotatable bonds is 5. The average molecular weight is 362 g/mol. The zero-order valence-corrected chi connectivity index (χ0v) is 15.1. The number of nitrogens with one attached hydrogen (secondary N) is 1. The summed E-state index contributed by atoms with van der Waals surface area (Å²) in [6.07, 6.45) is 0. The highest BCUT2D eigenvalue weighted by Gasteiger charge is 2.16. The van der Waals surface area contributed by atoms with Gasteiger partial charge >= 0.3 is 5.97 Å². The smallest absolute Gasteiger partial charge is 0.342 e. The quantitative estimate of drug-likeness (QED) is 0.796. The van der Waals surface area contributed by atoms with Crippen LogP contribution in [0.1, 0.15) is 40.0 Å². The Morgan fingerprint density at radius 2 is 1.88 bits per heavy atom.